The highest BCUT2D eigenvalue weighted by Crippen LogP contribution is 2.22. The molecule has 1 aromatic heterocycles. The van der Waals surface area contributed by atoms with Crippen LogP contribution in [0.15, 0.2) is 24.3 Å². The lowest BCUT2D eigenvalue weighted by atomic mass is 10.1. The molecule has 1 atom stereocenters. The van der Waals surface area contributed by atoms with E-state index in [0.29, 0.717) is 0 Å². The molecule has 3 rings (SSSR count). The van der Waals surface area contributed by atoms with E-state index in [-0.39, 0.29) is 6.17 Å². The van der Waals surface area contributed by atoms with Gasteiger partial charge in [-0.25, -0.2) is 4.98 Å². The van der Waals surface area contributed by atoms with Crippen LogP contribution in [0.3, 0.4) is 0 Å². The van der Waals surface area contributed by atoms with E-state index in [1.807, 2.05) is 18.2 Å². The Morgan fingerprint density at radius 2 is 2.28 bits per heavy atom. The summed E-state index contributed by atoms with van der Waals surface area (Å²) < 4.78 is 1.22. The van der Waals surface area contributed by atoms with Crippen molar-refractivity contribution < 1.29 is 5.21 Å². The van der Waals surface area contributed by atoms with Crippen LogP contribution in [0.25, 0.3) is 10.2 Å². The zero-order valence-corrected chi connectivity index (χ0v) is 11.0. The number of hydrogen-bond donors (Lipinski definition) is 2. The van der Waals surface area contributed by atoms with E-state index in [2.05, 4.69) is 16.4 Å². The fourth-order valence-corrected chi connectivity index (χ4v) is 3.24. The third kappa shape index (κ3) is 2.54. The predicted octanol–water partition coefficient (Wildman–Crippen LogP) is 2.59. The first kappa shape index (κ1) is 12.0. The molecule has 0 aliphatic carbocycles. The molecule has 1 unspecified atom stereocenters. The number of fused-ring (bicyclic) bond motifs is 1. The number of piperidine rings is 1. The SMILES string of the molecule is ON1CCCCC1NCc1nc2ccccc2s1. The number of thiazole rings is 1. The average Bonchev–Trinajstić information content (AvgIpc) is 2.80. The summed E-state index contributed by atoms with van der Waals surface area (Å²) in [6.07, 6.45) is 3.33. The summed E-state index contributed by atoms with van der Waals surface area (Å²) in [4.78, 5) is 4.58. The zero-order valence-electron chi connectivity index (χ0n) is 10.2. The smallest absolute Gasteiger partial charge is 0.108 e. The molecule has 18 heavy (non-hydrogen) atoms. The Balaban J connectivity index is 1.65. The van der Waals surface area contributed by atoms with E-state index in [1.165, 1.54) is 16.2 Å². The van der Waals surface area contributed by atoms with Gasteiger partial charge in [-0.2, -0.15) is 5.06 Å². The van der Waals surface area contributed by atoms with Gasteiger partial charge in [0.05, 0.1) is 16.4 Å². The van der Waals surface area contributed by atoms with Crippen LogP contribution in [0.4, 0.5) is 0 Å². The van der Waals surface area contributed by atoms with Crippen LogP contribution in [0, 0.1) is 0 Å². The summed E-state index contributed by atoms with van der Waals surface area (Å²) in [5.74, 6) is 0. The van der Waals surface area contributed by atoms with E-state index in [4.69, 9.17) is 0 Å². The van der Waals surface area contributed by atoms with Gasteiger partial charge in [0, 0.05) is 13.1 Å². The van der Waals surface area contributed by atoms with Crippen LogP contribution >= 0.6 is 11.3 Å². The number of benzene rings is 1. The second-order valence-electron chi connectivity index (χ2n) is 4.63. The Hall–Kier alpha value is -1.01. The van der Waals surface area contributed by atoms with E-state index in [0.717, 1.165) is 36.5 Å². The number of aromatic nitrogens is 1. The Morgan fingerprint density at radius 1 is 1.39 bits per heavy atom. The van der Waals surface area contributed by atoms with Gasteiger partial charge < -0.3 is 5.21 Å². The number of hydrogen-bond acceptors (Lipinski definition) is 5. The van der Waals surface area contributed by atoms with Gasteiger partial charge in [-0.15, -0.1) is 11.3 Å². The zero-order chi connectivity index (χ0) is 12.4. The van der Waals surface area contributed by atoms with Crippen molar-refractivity contribution in [3.8, 4) is 0 Å². The summed E-state index contributed by atoms with van der Waals surface area (Å²) in [5, 5.41) is 15.6. The second kappa shape index (κ2) is 5.32. The molecule has 0 bridgehead atoms. The number of para-hydroxylation sites is 1. The van der Waals surface area contributed by atoms with Crippen molar-refractivity contribution in [1.82, 2.24) is 15.4 Å². The monoisotopic (exact) mass is 263 g/mol. The third-order valence-electron chi connectivity index (χ3n) is 3.30. The molecule has 2 aromatic rings. The van der Waals surface area contributed by atoms with Gasteiger partial charge in [-0.3, -0.25) is 5.32 Å². The van der Waals surface area contributed by atoms with E-state index in [9.17, 15) is 5.21 Å². The predicted molar refractivity (Wildman–Crippen MR) is 72.6 cm³/mol. The van der Waals surface area contributed by atoms with Gasteiger partial charge in [0.15, 0.2) is 0 Å². The van der Waals surface area contributed by atoms with Crippen molar-refractivity contribution in [2.24, 2.45) is 0 Å². The number of nitrogens with zero attached hydrogens (tertiary/aromatic N) is 2. The molecule has 0 spiro atoms. The average molecular weight is 263 g/mol. The lowest BCUT2D eigenvalue weighted by Gasteiger charge is -2.30. The highest BCUT2D eigenvalue weighted by Gasteiger charge is 2.20. The molecule has 1 aromatic carbocycles. The van der Waals surface area contributed by atoms with Gasteiger partial charge in [-0.1, -0.05) is 12.1 Å². The Bertz CT molecular complexity index is 495. The fraction of sp³-hybridized carbons (Fsp3) is 0.462. The molecular formula is C13H17N3OS. The van der Waals surface area contributed by atoms with E-state index >= 15 is 0 Å². The summed E-state index contributed by atoms with van der Waals surface area (Å²) in [5.41, 5.74) is 1.06. The first-order chi connectivity index (χ1) is 8.83. The standard InChI is InChI=1S/C13H17N3OS/c17-16-8-4-3-7-12(16)14-9-13-15-10-5-1-2-6-11(10)18-13/h1-2,5-6,12,14,17H,3-4,7-9H2. The minimum Gasteiger partial charge on any atom is -0.312 e. The molecule has 5 heteroatoms. The summed E-state index contributed by atoms with van der Waals surface area (Å²) >= 11 is 1.71. The van der Waals surface area contributed by atoms with Gasteiger partial charge in [0.25, 0.3) is 0 Å². The maximum absolute atomic E-state index is 9.74. The Morgan fingerprint density at radius 3 is 3.11 bits per heavy atom. The fourth-order valence-electron chi connectivity index (χ4n) is 2.32. The van der Waals surface area contributed by atoms with Crippen molar-refractivity contribution >= 4 is 21.6 Å². The van der Waals surface area contributed by atoms with Crippen molar-refractivity contribution in [2.75, 3.05) is 6.54 Å². The molecular weight excluding hydrogens is 246 g/mol. The maximum atomic E-state index is 9.74. The topological polar surface area (TPSA) is 48.4 Å². The first-order valence-corrected chi connectivity index (χ1v) is 7.18. The molecule has 1 saturated heterocycles. The quantitative estimate of drug-likeness (QED) is 0.893. The summed E-state index contributed by atoms with van der Waals surface area (Å²) in [6.45, 7) is 1.48. The molecule has 4 nitrogen and oxygen atoms in total. The Kier molecular flexibility index (Phi) is 3.56. The second-order valence-corrected chi connectivity index (χ2v) is 5.75. The number of nitrogens with one attached hydrogen (secondary N) is 1. The molecule has 2 N–H and O–H groups in total. The molecule has 0 radical (unpaired) electrons. The molecule has 96 valence electrons. The minimum absolute atomic E-state index is 0.0748. The molecule has 1 fully saturated rings. The lowest BCUT2D eigenvalue weighted by Crippen LogP contribution is -2.46. The van der Waals surface area contributed by atoms with Crippen LogP contribution in [0.2, 0.25) is 0 Å². The normalized spacial score (nSPS) is 21.5. The molecule has 1 aliphatic rings. The van der Waals surface area contributed by atoms with Crippen molar-refractivity contribution in [3.05, 3.63) is 29.3 Å². The van der Waals surface area contributed by atoms with Gasteiger partial charge in [0.1, 0.15) is 5.01 Å². The maximum Gasteiger partial charge on any atom is 0.108 e. The van der Waals surface area contributed by atoms with Gasteiger partial charge >= 0.3 is 0 Å². The van der Waals surface area contributed by atoms with E-state index < -0.39 is 0 Å². The van der Waals surface area contributed by atoms with Crippen molar-refractivity contribution in [3.63, 3.8) is 0 Å². The van der Waals surface area contributed by atoms with Crippen LogP contribution in [-0.4, -0.2) is 28.0 Å². The van der Waals surface area contributed by atoms with Crippen LogP contribution < -0.4 is 5.32 Å². The largest absolute Gasteiger partial charge is 0.312 e. The first-order valence-electron chi connectivity index (χ1n) is 6.36. The summed E-state index contributed by atoms with van der Waals surface area (Å²) in [7, 11) is 0. The van der Waals surface area contributed by atoms with Crippen LogP contribution in [0.1, 0.15) is 24.3 Å². The van der Waals surface area contributed by atoms with Crippen molar-refractivity contribution in [1.29, 1.82) is 0 Å². The third-order valence-corrected chi connectivity index (χ3v) is 4.34. The minimum atomic E-state index is 0.0748. The number of hydroxylamine groups is 2. The molecule has 2 heterocycles. The van der Waals surface area contributed by atoms with Crippen LogP contribution in [-0.2, 0) is 6.54 Å². The van der Waals surface area contributed by atoms with Crippen molar-refractivity contribution in [2.45, 2.75) is 32.0 Å². The summed E-state index contributed by atoms with van der Waals surface area (Å²) in [6, 6.07) is 8.17. The highest BCUT2D eigenvalue weighted by atomic mass is 32.1. The molecule has 0 saturated carbocycles. The van der Waals surface area contributed by atoms with E-state index in [1.54, 1.807) is 11.3 Å². The van der Waals surface area contributed by atoms with Crippen LogP contribution in [0.5, 0.6) is 0 Å². The van der Waals surface area contributed by atoms with Gasteiger partial charge in [-0.05, 0) is 31.4 Å². The van der Waals surface area contributed by atoms with Gasteiger partial charge in [0.2, 0.25) is 0 Å². The number of rotatable bonds is 3. The molecule has 0 amide bonds. The lowest BCUT2D eigenvalue weighted by molar-refractivity contribution is -0.151. The highest BCUT2D eigenvalue weighted by molar-refractivity contribution is 7.18. The Labute approximate surface area is 110 Å². The molecule has 1 aliphatic heterocycles.